The van der Waals surface area contributed by atoms with Crippen molar-refractivity contribution in [2.75, 3.05) is 18.8 Å². The molecular weight excluding hydrogens is 449 g/mol. The molecule has 10 heteroatoms. The topological polar surface area (TPSA) is 50.5 Å². The van der Waals surface area contributed by atoms with Crippen molar-refractivity contribution >= 4 is 34.9 Å². The van der Waals surface area contributed by atoms with Crippen LogP contribution >= 0.6 is 23.4 Å². The van der Waals surface area contributed by atoms with Crippen molar-refractivity contribution < 1.29 is 18.0 Å². The van der Waals surface area contributed by atoms with E-state index in [1.54, 1.807) is 4.90 Å². The first-order valence-corrected chi connectivity index (χ1v) is 11.3. The average molecular weight is 469 g/mol. The zero-order chi connectivity index (χ0) is 22.0. The van der Waals surface area contributed by atoms with E-state index in [1.165, 1.54) is 22.2 Å². The number of carbonyl (C=O) groups is 1. The Labute approximate surface area is 186 Å². The predicted molar refractivity (Wildman–Crippen MR) is 113 cm³/mol. The van der Waals surface area contributed by atoms with E-state index in [1.807, 2.05) is 24.3 Å². The van der Waals surface area contributed by atoms with E-state index in [0.717, 1.165) is 30.0 Å². The standard InChI is InChI=1S/C21H20ClF3N4OS/c22-16-5-1-2-6-17(16)31-11-9-19(30)28-10-3-4-14(12-28)20-27-26-18-8-7-15(13-29(18)20)21(23,24)25/h1-2,5-8,13-14H,3-4,9-12H2. The fourth-order valence-electron chi connectivity index (χ4n) is 3.74. The van der Waals surface area contributed by atoms with Gasteiger partial charge in [0.15, 0.2) is 5.65 Å². The van der Waals surface area contributed by atoms with E-state index < -0.39 is 11.7 Å². The molecule has 0 radical (unpaired) electrons. The number of aromatic nitrogens is 3. The summed E-state index contributed by atoms with van der Waals surface area (Å²) in [5.41, 5.74) is -0.385. The fourth-order valence-corrected chi connectivity index (χ4v) is 4.91. The first-order chi connectivity index (χ1) is 14.8. The van der Waals surface area contributed by atoms with Gasteiger partial charge in [-0.25, -0.2) is 0 Å². The van der Waals surface area contributed by atoms with Gasteiger partial charge in [0.05, 0.1) is 10.6 Å². The molecular formula is C21H20ClF3N4OS. The van der Waals surface area contributed by atoms with Crippen molar-refractivity contribution in [1.29, 1.82) is 0 Å². The third kappa shape index (κ3) is 4.98. The Balaban J connectivity index is 1.42. The monoisotopic (exact) mass is 468 g/mol. The number of likely N-dealkylation sites (tertiary alicyclic amines) is 1. The summed E-state index contributed by atoms with van der Waals surface area (Å²) < 4.78 is 40.7. The summed E-state index contributed by atoms with van der Waals surface area (Å²) in [6.45, 7) is 1.06. The maximum absolute atomic E-state index is 13.1. The lowest BCUT2D eigenvalue weighted by molar-refractivity contribution is -0.137. The Hall–Kier alpha value is -2.26. The molecule has 1 aromatic carbocycles. The molecule has 0 N–H and O–H groups in total. The van der Waals surface area contributed by atoms with Gasteiger partial charge in [0, 0.05) is 42.3 Å². The summed E-state index contributed by atoms with van der Waals surface area (Å²) >= 11 is 7.68. The number of hydrogen-bond acceptors (Lipinski definition) is 4. The number of piperidine rings is 1. The minimum atomic E-state index is -4.44. The summed E-state index contributed by atoms with van der Waals surface area (Å²) in [6.07, 6.45) is -1.53. The lowest BCUT2D eigenvalue weighted by atomic mass is 9.97. The van der Waals surface area contributed by atoms with E-state index in [0.29, 0.717) is 41.8 Å². The molecule has 1 unspecified atom stereocenters. The van der Waals surface area contributed by atoms with Gasteiger partial charge in [-0.15, -0.1) is 22.0 Å². The number of alkyl halides is 3. The Kier molecular flexibility index (Phi) is 6.43. The summed E-state index contributed by atoms with van der Waals surface area (Å²) in [6, 6.07) is 9.81. The molecule has 0 bridgehead atoms. The van der Waals surface area contributed by atoms with E-state index in [2.05, 4.69) is 10.2 Å². The van der Waals surface area contributed by atoms with Crippen molar-refractivity contribution in [1.82, 2.24) is 19.5 Å². The van der Waals surface area contributed by atoms with Gasteiger partial charge < -0.3 is 4.90 Å². The fraction of sp³-hybridized carbons (Fsp3) is 0.381. The Morgan fingerprint density at radius 3 is 2.77 bits per heavy atom. The number of benzene rings is 1. The number of hydrogen-bond donors (Lipinski definition) is 0. The van der Waals surface area contributed by atoms with Gasteiger partial charge in [-0.3, -0.25) is 9.20 Å². The van der Waals surface area contributed by atoms with E-state index >= 15 is 0 Å². The van der Waals surface area contributed by atoms with Gasteiger partial charge in [-0.2, -0.15) is 13.2 Å². The first kappa shape index (κ1) is 22.0. The minimum Gasteiger partial charge on any atom is -0.342 e. The number of fused-ring (bicyclic) bond motifs is 1. The number of amides is 1. The van der Waals surface area contributed by atoms with Crippen LogP contribution in [-0.4, -0.2) is 44.2 Å². The van der Waals surface area contributed by atoms with Crippen LogP contribution in [0.2, 0.25) is 5.02 Å². The predicted octanol–water partition coefficient (Wildman–Crippen LogP) is 5.29. The molecule has 3 aromatic rings. The second-order valence-electron chi connectivity index (χ2n) is 7.41. The van der Waals surface area contributed by atoms with Crippen LogP contribution in [-0.2, 0) is 11.0 Å². The molecule has 1 aliphatic rings. The second-order valence-corrected chi connectivity index (χ2v) is 8.95. The highest BCUT2D eigenvalue weighted by Crippen LogP contribution is 2.32. The van der Waals surface area contributed by atoms with Crippen LogP contribution in [0.5, 0.6) is 0 Å². The molecule has 1 fully saturated rings. The molecule has 1 amide bonds. The van der Waals surface area contributed by atoms with Gasteiger partial charge >= 0.3 is 6.18 Å². The third-order valence-electron chi connectivity index (χ3n) is 5.31. The number of rotatable bonds is 5. The summed E-state index contributed by atoms with van der Waals surface area (Å²) in [7, 11) is 0. The number of carbonyl (C=O) groups excluding carboxylic acids is 1. The summed E-state index contributed by atoms with van der Waals surface area (Å²) in [4.78, 5) is 15.4. The molecule has 1 aliphatic heterocycles. The van der Waals surface area contributed by atoms with Crippen LogP contribution in [0.4, 0.5) is 13.2 Å². The number of halogens is 4. The first-order valence-electron chi connectivity index (χ1n) is 9.90. The van der Waals surface area contributed by atoms with Crippen LogP contribution in [0.3, 0.4) is 0 Å². The van der Waals surface area contributed by atoms with Crippen LogP contribution in [0.25, 0.3) is 5.65 Å². The van der Waals surface area contributed by atoms with Crippen LogP contribution in [0.1, 0.15) is 36.6 Å². The van der Waals surface area contributed by atoms with Crippen LogP contribution < -0.4 is 0 Å². The smallest absolute Gasteiger partial charge is 0.342 e. The molecule has 4 rings (SSSR count). The third-order valence-corrected chi connectivity index (χ3v) is 6.82. The van der Waals surface area contributed by atoms with Crippen molar-refractivity contribution in [3.05, 3.63) is 59.0 Å². The molecule has 164 valence electrons. The van der Waals surface area contributed by atoms with Gasteiger partial charge in [-0.05, 0) is 37.1 Å². The van der Waals surface area contributed by atoms with Crippen molar-refractivity contribution in [3.63, 3.8) is 0 Å². The molecule has 0 aliphatic carbocycles. The number of thioether (sulfide) groups is 1. The number of pyridine rings is 1. The average Bonchev–Trinajstić information content (AvgIpc) is 3.18. The van der Waals surface area contributed by atoms with Crippen LogP contribution in [0.15, 0.2) is 47.5 Å². The normalized spacial score (nSPS) is 17.3. The van der Waals surface area contributed by atoms with Gasteiger partial charge in [0.2, 0.25) is 5.91 Å². The SMILES string of the molecule is O=C(CCSc1ccccc1Cl)N1CCCC(c2nnc3ccc(C(F)(F)F)cn23)C1. The lowest BCUT2D eigenvalue weighted by Gasteiger charge is -2.32. The molecule has 5 nitrogen and oxygen atoms in total. The van der Waals surface area contributed by atoms with E-state index in [4.69, 9.17) is 11.6 Å². The molecule has 1 atom stereocenters. The largest absolute Gasteiger partial charge is 0.417 e. The molecule has 2 aromatic heterocycles. The molecule has 1 saturated heterocycles. The molecule has 0 spiro atoms. The van der Waals surface area contributed by atoms with Gasteiger partial charge in [0.25, 0.3) is 0 Å². The van der Waals surface area contributed by atoms with Gasteiger partial charge in [0.1, 0.15) is 5.82 Å². The highest BCUT2D eigenvalue weighted by molar-refractivity contribution is 7.99. The zero-order valence-corrected chi connectivity index (χ0v) is 18.1. The van der Waals surface area contributed by atoms with Crippen LogP contribution in [0, 0.1) is 0 Å². The number of nitrogens with zero attached hydrogens (tertiary/aromatic N) is 4. The quantitative estimate of drug-likeness (QED) is 0.477. The Morgan fingerprint density at radius 1 is 1.19 bits per heavy atom. The minimum absolute atomic E-state index is 0.0223. The Bertz CT molecular complexity index is 1090. The summed E-state index contributed by atoms with van der Waals surface area (Å²) in [5, 5.41) is 8.80. The molecule has 0 saturated carbocycles. The maximum atomic E-state index is 13.1. The zero-order valence-electron chi connectivity index (χ0n) is 16.5. The second kappa shape index (κ2) is 9.08. The van der Waals surface area contributed by atoms with Crippen molar-refractivity contribution in [3.8, 4) is 0 Å². The van der Waals surface area contributed by atoms with Gasteiger partial charge in [-0.1, -0.05) is 23.7 Å². The molecule has 3 heterocycles. The Morgan fingerprint density at radius 2 is 2.00 bits per heavy atom. The lowest BCUT2D eigenvalue weighted by Crippen LogP contribution is -2.39. The highest BCUT2D eigenvalue weighted by atomic mass is 35.5. The van der Waals surface area contributed by atoms with E-state index in [9.17, 15) is 18.0 Å². The maximum Gasteiger partial charge on any atom is 0.417 e. The highest BCUT2D eigenvalue weighted by Gasteiger charge is 2.32. The van der Waals surface area contributed by atoms with E-state index in [-0.39, 0.29) is 11.8 Å². The molecule has 31 heavy (non-hydrogen) atoms. The van der Waals surface area contributed by atoms with Crippen molar-refractivity contribution in [2.45, 2.75) is 36.3 Å². The van der Waals surface area contributed by atoms with Crippen molar-refractivity contribution in [2.24, 2.45) is 0 Å². The summed E-state index contributed by atoms with van der Waals surface area (Å²) in [5.74, 6) is 0.928.